The maximum atomic E-state index is 13.3. The first-order chi connectivity index (χ1) is 15.5. The Bertz CT molecular complexity index is 1070. The van der Waals surface area contributed by atoms with Crippen LogP contribution in [0.25, 0.3) is 0 Å². The van der Waals surface area contributed by atoms with Crippen LogP contribution in [0.3, 0.4) is 0 Å². The minimum atomic E-state index is -1.22. The average Bonchev–Trinajstić information content (AvgIpc) is 2.82. The van der Waals surface area contributed by atoms with Gasteiger partial charge in [0.05, 0.1) is 27.0 Å². The molecule has 3 aromatic carbocycles. The molecule has 0 aliphatic rings. The number of methoxy groups -OCH3 is 3. The maximum absolute atomic E-state index is 13.3. The van der Waals surface area contributed by atoms with Crippen LogP contribution in [-0.4, -0.2) is 33.2 Å². The molecule has 0 saturated heterocycles. The van der Waals surface area contributed by atoms with E-state index in [1.54, 1.807) is 54.6 Å². The van der Waals surface area contributed by atoms with E-state index in [0.717, 1.165) is 5.56 Å². The van der Waals surface area contributed by atoms with E-state index in [4.69, 9.17) is 18.9 Å². The number of esters is 1. The molecule has 0 radical (unpaired) electrons. The highest BCUT2D eigenvalue weighted by molar-refractivity contribution is 6.01. The summed E-state index contributed by atoms with van der Waals surface area (Å²) >= 11 is 0. The van der Waals surface area contributed by atoms with Crippen LogP contribution in [0.15, 0.2) is 66.7 Å². The van der Waals surface area contributed by atoms with Gasteiger partial charge in [-0.15, -0.1) is 0 Å². The zero-order valence-electron chi connectivity index (χ0n) is 18.4. The summed E-state index contributed by atoms with van der Waals surface area (Å²) in [6, 6.07) is 19.1. The van der Waals surface area contributed by atoms with Crippen LogP contribution >= 0.6 is 0 Å². The predicted molar refractivity (Wildman–Crippen MR) is 121 cm³/mol. The first kappa shape index (κ1) is 22.7. The summed E-state index contributed by atoms with van der Waals surface area (Å²) in [7, 11) is 4.40. The van der Waals surface area contributed by atoms with Crippen molar-refractivity contribution in [2.75, 3.05) is 26.6 Å². The lowest BCUT2D eigenvalue weighted by Gasteiger charge is -2.20. The van der Waals surface area contributed by atoms with Crippen molar-refractivity contribution in [3.05, 3.63) is 83.4 Å². The number of benzene rings is 3. The Balaban J connectivity index is 1.96. The highest BCUT2D eigenvalue weighted by Gasteiger charge is 2.29. The van der Waals surface area contributed by atoms with Crippen LogP contribution < -0.4 is 19.5 Å². The van der Waals surface area contributed by atoms with Crippen molar-refractivity contribution in [3.63, 3.8) is 0 Å². The van der Waals surface area contributed by atoms with Crippen molar-refractivity contribution in [1.82, 2.24) is 0 Å². The number of anilines is 1. The van der Waals surface area contributed by atoms with Crippen LogP contribution in [0.4, 0.5) is 5.69 Å². The fourth-order valence-corrected chi connectivity index (χ4v) is 3.24. The van der Waals surface area contributed by atoms with E-state index in [1.165, 1.54) is 21.3 Å². The molecule has 1 atom stereocenters. The SMILES string of the molecule is COc1ccc(C)cc1NC(=O)[C@H](OC(=O)c1c(OC)cccc1OC)c1ccccc1. The molecule has 32 heavy (non-hydrogen) atoms. The van der Waals surface area contributed by atoms with Gasteiger partial charge in [0.25, 0.3) is 5.91 Å². The summed E-state index contributed by atoms with van der Waals surface area (Å²) < 4.78 is 21.6. The number of nitrogens with one attached hydrogen (secondary N) is 1. The van der Waals surface area contributed by atoms with Gasteiger partial charge in [0.15, 0.2) is 0 Å². The molecule has 0 heterocycles. The van der Waals surface area contributed by atoms with E-state index in [2.05, 4.69) is 5.32 Å². The first-order valence-electron chi connectivity index (χ1n) is 9.91. The van der Waals surface area contributed by atoms with Gasteiger partial charge >= 0.3 is 5.97 Å². The van der Waals surface area contributed by atoms with Crippen molar-refractivity contribution in [1.29, 1.82) is 0 Å². The van der Waals surface area contributed by atoms with Gasteiger partial charge in [-0.1, -0.05) is 42.5 Å². The highest BCUT2D eigenvalue weighted by atomic mass is 16.6. The van der Waals surface area contributed by atoms with Crippen molar-refractivity contribution in [3.8, 4) is 17.2 Å². The van der Waals surface area contributed by atoms with Gasteiger partial charge in [-0.3, -0.25) is 4.79 Å². The van der Waals surface area contributed by atoms with Gasteiger partial charge in [-0.2, -0.15) is 0 Å². The predicted octanol–water partition coefficient (Wildman–Crippen LogP) is 4.56. The summed E-state index contributed by atoms with van der Waals surface area (Å²) in [6.45, 7) is 1.90. The molecule has 166 valence electrons. The fraction of sp³-hybridized carbons (Fsp3) is 0.200. The largest absolute Gasteiger partial charge is 0.496 e. The smallest absolute Gasteiger partial charge is 0.346 e. The number of carbonyl (C=O) groups excluding carboxylic acids is 2. The van der Waals surface area contributed by atoms with Crippen LogP contribution in [0.2, 0.25) is 0 Å². The molecule has 0 fully saturated rings. The lowest BCUT2D eigenvalue weighted by molar-refractivity contribution is -0.125. The Hall–Kier alpha value is -4.00. The summed E-state index contributed by atoms with van der Waals surface area (Å²) in [5.41, 5.74) is 2.02. The molecule has 0 aromatic heterocycles. The highest BCUT2D eigenvalue weighted by Crippen LogP contribution is 2.32. The fourth-order valence-electron chi connectivity index (χ4n) is 3.24. The second-order valence-electron chi connectivity index (χ2n) is 6.93. The molecule has 3 rings (SSSR count). The molecule has 0 spiro atoms. The molecular formula is C25H25NO6. The van der Waals surface area contributed by atoms with E-state index in [-0.39, 0.29) is 17.1 Å². The summed E-state index contributed by atoms with van der Waals surface area (Å²) in [5.74, 6) is -0.223. The monoisotopic (exact) mass is 435 g/mol. The minimum absolute atomic E-state index is 0.0966. The second-order valence-corrected chi connectivity index (χ2v) is 6.93. The Morgan fingerprint density at radius 2 is 1.41 bits per heavy atom. The minimum Gasteiger partial charge on any atom is -0.496 e. The van der Waals surface area contributed by atoms with Crippen LogP contribution in [0.1, 0.15) is 27.6 Å². The van der Waals surface area contributed by atoms with Gasteiger partial charge < -0.3 is 24.3 Å². The first-order valence-corrected chi connectivity index (χ1v) is 9.91. The number of aryl methyl sites for hydroxylation is 1. The van der Waals surface area contributed by atoms with E-state index in [0.29, 0.717) is 17.0 Å². The third-order valence-corrected chi connectivity index (χ3v) is 4.81. The average molecular weight is 435 g/mol. The molecule has 1 N–H and O–H groups in total. The van der Waals surface area contributed by atoms with E-state index < -0.39 is 18.0 Å². The summed E-state index contributed by atoms with van der Waals surface area (Å²) in [4.78, 5) is 26.4. The molecule has 7 heteroatoms. The van der Waals surface area contributed by atoms with Crippen molar-refractivity contribution >= 4 is 17.6 Å². The molecule has 0 bridgehead atoms. The lowest BCUT2D eigenvalue weighted by atomic mass is 10.1. The number of carbonyl (C=O) groups is 2. The maximum Gasteiger partial charge on any atom is 0.346 e. The normalized spacial score (nSPS) is 11.2. The summed E-state index contributed by atoms with van der Waals surface area (Å²) in [6.07, 6.45) is -1.22. The van der Waals surface area contributed by atoms with Gasteiger partial charge in [0.2, 0.25) is 6.10 Å². The lowest BCUT2D eigenvalue weighted by Crippen LogP contribution is -2.26. The Labute approximate surface area is 186 Å². The molecular weight excluding hydrogens is 410 g/mol. The zero-order chi connectivity index (χ0) is 23.1. The van der Waals surface area contributed by atoms with E-state index in [1.807, 2.05) is 19.1 Å². The van der Waals surface area contributed by atoms with Crippen LogP contribution in [0.5, 0.6) is 17.2 Å². The Kier molecular flexibility index (Phi) is 7.33. The van der Waals surface area contributed by atoms with Crippen LogP contribution in [0, 0.1) is 6.92 Å². The third-order valence-electron chi connectivity index (χ3n) is 4.81. The Morgan fingerprint density at radius 3 is 2.00 bits per heavy atom. The number of hydrogen-bond donors (Lipinski definition) is 1. The molecule has 0 aliphatic carbocycles. The van der Waals surface area contributed by atoms with Gasteiger partial charge in [-0.25, -0.2) is 4.79 Å². The van der Waals surface area contributed by atoms with Crippen molar-refractivity contribution < 1.29 is 28.5 Å². The van der Waals surface area contributed by atoms with Gasteiger partial charge in [0.1, 0.15) is 22.8 Å². The molecule has 3 aromatic rings. The van der Waals surface area contributed by atoms with Crippen LogP contribution in [-0.2, 0) is 9.53 Å². The number of rotatable bonds is 8. The number of hydrogen-bond acceptors (Lipinski definition) is 6. The zero-order valence-corrected chi connectivity index (χ0v) is 18.4. The topological polar surface area (TPSA) is 83.1 Å². The van der Waals surface area contributed by atoms with E-state index >= 15 is 0 Å². The standard InChI is InChI=1S/C25H25NO6/c1-16-13-14-19(29-2)18(15-16)26-24(27)23(17-9-6-5-7-10-17)32-25(28)22-20(30-3)11-8-12-21(22)31-4/h5-15,23H,1-4H3,(H,26,27)/t23-/m1/s1. The second kappa shape index (κ2) is 10.3. The molecule has 7 nitrogen and oxygen atoms in total. The van der Waals surface area contributed by atoms with E-state index in [9.17, 15) is 9.59 Å². The number of amides is 1. The Morgan fingerprint density at radius 1 is 0.781 bits per heavy atom. The molecule has 0 saturated carbocycles. The number of ether oxygens (including phenoxy) is 4. The van der Waals surface area contributed by atoms with Crippen molar-refractivity contribution in [2.45, 2.75) is 13.0 Å². The quantitative estimate of drug-likeness (QED) is 0.523. The summed E-state index contributed by atoms with van der Waals surface area (Å²) in [5, 5.41) is 2.81. The molecule has 0 unspecified atom stereocenters. The third kappa shape index (κ3) is 5.00. The molecule has 1 amide bonds. The molecule has 0 aliphatic heterocycles. The van der Waals surface area contributed by atoms with Gasteiger partial charge in [0, 0.05) is 5.56 Å². The van der Waals surface area contributed by atoms with Crippen molar-refractivity contribution in [2.24, 2.45) is 0 Å². The van der Waals surface area contributed by atoms with Gasteiger partial charge in [-0.05, 0) is 36.8 Å².